The van der Waals surface area contributed by atoms with Crippen LogP contribution in [0.4, 0.5) is 13.2 Å². The number of piperidine rings is 1. The van der Waals surface area contributed by atoms with Gasteiger partial charge in [0.1, 0.15) is 5.82 Å². The molecule has 2 fully saturated rings. The molecule has 57 heavy (non-hydrogen) atoms. The molecule has 1 aliphatic carbocycles. The molecule has 2 aliphatic rings. The third kappa shape index (κ3) is 30.2. The number of hydrogen-bond acceptors (Lipinski definition) is 4. The predicted molar refractivity (Wildman–Crippen MR) is 245 cm³/mol. The van der Waals surface area contributed by atoms with E-state index >= 15 is 0 Å². The van der Waals surface area contributed by atoms with Crippen molar-refractivity contribution in [3.8, 4) is 0 Å². The highest BCUT2D eigenvalue weighted by atomic mass is 19.4. The van der Waals surface area contributed by atoms with Gasteiger partial charge in [-0.2, -0.15) is 13.2 Å². The minimum atomic E-state index is -4.20. The molecule has 1 saturated heterocycles. The van der Waals surface area contributed by atoms with Gasteiger partial charge in [-0.25, -0.2) is 4.98 Å². The van der Waals surface area contributed by atoms with E-state index in [0.29, 0.717) is 18.1 Å². The summed E-state index contributed by atoms with van der Waals surface area (Å²) >= 11 is 0. The highest BCUT2D eigenvalue weighted by molar-refractivity contribution is 5.95. The first-order chi connectivity index (χ1) is 26.6. The Balaban J connectivity index is -0.000000335. The van der Waals surface area contributed by atoms with Gasteiger partial charge in [-0.05, 0) is 115 Å². The van der Waals surface area contributed by atoms with Crippen molar-refractivity contribution in [2.75, 3.05) is 6.54 Å². The van der Waals surface area contributed by atoms with E-state index in [2.05, 4.69) is 76.0 Å². The van der Waals surface area contributed by atoms with Crippen molar-refractivity contribution in [1.82, 2.24) is 20.6 Å². The normalized spacial score (nSPS) is 17.0. The molecule has 0 spiro atoms. The van der Waals surface area contributed by atoms with Gasteiger partial charge in [-0.3, -0.25) is 4.79 Å². The van der Waals surface area contributed by atoms with E-state index in [-0.39, 0.29) is 18.4 Å². The van der Waals surface area contributed by atoms with E-state index in [0.717, 1.165) is 66.2 Å². The van der Waals surface area contributed by atoms with Crippen molar-refractivity contribution in [3.05, 3.63) is 40.6 Å². The number of aryl methyl sites for hydroxylation is 1. The lowest BCUT2D eigenvalue weighted by atomic mass is 9.85. The number of rotatable bonds is 14. The van der Waals surface area contributed by atoms with Crippen molar-refractivity contribution >= 4 is 11.6 Å². The maximum absolute atomic E-state index is 13.0. The summed E-state index contributed by atoms with van der Waals surface area (Å²) in [5.41, 5.74) is 4.22. The molecule has 3 unspecified atom stereocenters. The van der Waals surface area contributed by atoms with Crippen LogP contribution in [-0.4, -0.2) is 34.3 Å². The minimum Gasteiger partial charge on any atom is -0.383 e. The minimum absolute atomic E-state index is 0.0469. The summed E-state index contributed by atoms with van der Waals surface area (Å²) in [4.78, 5) is 17.7. The molecular weight excluding hydrogens is 720 g/mol. The summed E-state index contributed by atoms with van der Waals surface area (Å²) in [6.45, 7) is 38.8. The average molecular weight is 814 g/mol. The highest BCUT2D eigenvalue weighted by Crippen LogP contribution is 2.53. The van der Waals surface area contributed by atoms with Gasteiger partial charge in [0, 0.05) is 18.7 Å². The summed E-state index contributed by atoms with van der Waals surface area (Å²) in [5.74, 6) is 2.62. The monoisotopic (exact) mass is 814 g/mol. The first-order valence-corrected chi connectivity index (χ1v) is 22.6. The third-order valence-electron chi connectivity index (χ3n) is 10.9. The molecule has 6 nitrogen and oxygen atoms in total. The number of halogens is 3. The number of imidazole rings is 1. The molecule has 338 valence electrons. The van der Waals surface area contributed by atoms with E-state index < -0.39 is 11.6 Å². The molecule has 0 aromatic carbocycles. The van der Waals surface area contributed by atoms with Crippen LogP contribution in [0.2, 0.25) is 0 Å². The number of carbonyl (C=O) groups is 1. The number of allylic oxidation sites excluding steroid dienone is 3. The zero-order valence-corrected chi connectivity index (χ0v) is 40.8. The van der Waals surface area contributed by atoms with Crippen LogP contribution in [0.3, 0.4) is 0 Å². The topological polar surface area (TPSA) is 93.7 Å². The summed E-state index contributed by atoms with van der Waals surface area (Å²) in [5, 5.41) is 13.3. The van der Waals surface area contributed by atoms with Gasteiger partial charge in [-0.1, -0.05) is 134 Å². The number of aromatic amines is 1. The Morgan fingerprint density at radius 2 is 1.54 bits per heavy atom. The average Bonchev–Trinajstić information content (AvgIpc) is 3.84. The first-order valence-electron chi connectivity index (χ1n) is 22.6. The number of amides is 1. The Hall–Kier alpha value is -2.58. The predicted octanol–water partition coefficient (Wildman–Crippen LogP) is 15.8. The molecule has 1 aromatic heterocycles. The summed E-state index contributed by atoms with van der Waals surface area (Å²) in [7, 11) is 0. The Morgan fingerprint density at radius 3 is 1.84 bits per heavy atom. The molecule has 1 aliphatic heterocycles. The van der Waals surface area contributed by atoms with Crippen molar-refractivity contribution < 1.29 is 18.0 Å². The quantitative estimate of drug-likeness (QED) is 0.141. The van der Waals surface area contributed by atoms with Crippen LogP contribution in [0.25, 0.3) is 0 Å². The van der Waals surface area contributed by atoms with Crippen LogP contribution in [0, 0.1) is 35.0 Å². The lowest BCUT2D eigenvalue weighted by Gasteiger charge is -2.29. The second-order valence-corrected chi connectivity index (χ2v) is 16.3. The highest BCUT2D eigenvalue weighted by Gasteiger charge is 2.47. The molecular formula is C48H94F3N5O. The molecule has 9 heteroatoms. The second kappa shape index (κ2) is 34.3. The van der Waals surface area contributed by atoms with Crippen molar-refractivity contribution in [2.45, 2.75) is 227 Å². The zero-order chi connectivity index (χ0) is 45.4. The van der Waals surface area contributed by atoms with Gasteiger partial charge in [0.05, 0.1) is 23.3 Å². The SMILES string of the molecule is CC.CC.CC/C(C)=C\NC(CCC(C)(C)C(F)(F)F)c1cnc(C)[nH]1.CC1CCC(=O)NC1.CCC(C)=C(C)C(C)=N.CCC(C)CC1(CC)CC1.CCCC. The number of aromatic nitrogens is 2. The first kappa shape index (κ1) is 61.1. The van der Waals surface area contributed by atoms with Crippen LogP contribution in [0.5, 0.6) is 0 Å². The Bertz CT molecular complexity index is 1200. The lowest BCUT2D eigenvalue weighted by molar-refractivity contribution is -0.214. The van der Waals surface area contributed by atoms with Crippen molar-refractivity contribution in [1.29, 1.82) is 5.41 Å². The van der Waals surface area contributed by atoms with Crippen molar-refractivity contribution in [2.24, 2.45) is 22.7 Å². The van der Waals surface area contributed by atoms with Crippen LogP contribution in [-0.2, 0) is 4.79 Å². The largest absolute Gasteiger partial charge is 0.393 e. The van der Waals surface area contributed by atoms with Crippen molar-refractivity contribution in [3.63, 3.8) is 0 Å². The molecule has 0 bridgehead atoms. The van der Waals surface area contributed by atoms with Crippen LogP contribution in [0.1, 0.15) is 226 Å². The van der Waals surface area contributed by atoms with Gasteiger partial charge in [0.15, 0.2) is 0 Å². The van der Waals surface area contributed by atoms with E-state index in [4.69, 9.17) is 5.41 Å². The van der Waals surface area contributed by atoms with Gasteiger partial charge in [-0.15, -0.1) is 0 Å². The summed E-state index contributed by atoms with van der Waals surface area (Å²) < 4.78 is 39.0. The van der Waals surface area contributed by atoms with Gasteiger partial charge < -0.3 is 21.0 Å². The number of nitrogens with zero attached hydrogens (tertiary/aromatic N) is 1. The molecule has 1 saturated carbocycles. The van der Waals surface area contributed by atoms with Crippen LogP contribution >= 0.6 is 0 Å². The molecule has 2 heterocycles. The van der Waals surface area contributed by atoms with E-state index in [1.165, 1.54) is 64.4 Å². The zero-order valence-electron chi connectivity index (χ0n) is 40.8. The van der Waals surface area contributed by atoms with Gasteiger partial charge in [0.2, 0.25) is 5.91 Å². The van der Waals surface area contributed by atoms with Gasteiger partial charge in [0.25, 0.3) is 0 Å². The number of unbranched alkanes of at least 4 members (excludes halogenated alkanes) is 1. The molecule has 0 radical (unpaired) electrons. The smallest absolute Gasteiger partial charge is 0.383 e. The lowest BCUT2D eigenvalue weighted by Crippen LogP contribution is -2.33. The Kier molecular flexibility index (Phi) is 36.8. The third-order valence-corrected chi connectivity index (χ3v) is 10.9. The Morgan fingerprint density at radius 1 is 1.00 bits per heavy atom. The van der Waals surface area contributed by atoms with E-state index in [1.807, 2.05) is 68.5 Å². The summed E-state index contributed by atoms with van der Waals surface area (Å²) in [6.07, 6.45) is 13.4. The van der Waals surface area contributed by atoms with E-state index in [1.54, 1.807) is 6.20 Å². The number of carbonyl (C=O) groups excluding carboxylic acids is 1. The number of hydrogen-bond donors (Lipinski definition) is 4. The van der Waals surface area contributed by atoms with Gasteiger partial charge >= 0.3 is 6.18 Å². The Labute approximate surface area is 351 Å². The van der Waals surface area contributed by atoms with Crippen LogP contribution in [0.15, 0.2) is 29.1 Å². The molecule has 4 N–H and O–H groups in total. The number of H-pyrrole nitrogens is 1. The molecule has 1 amide bonds. The standard InChI is InChI=1S/C16H26F3N3.C10H20.C8H15N.C6H11NO.C4H10.2C2H6/c1-6-11(2)9-21-13(14-10-20-12(3)22-14)7-8-15(4,5)16(17,18)19;1-4-9(3)8-10(5-2)6-7-10;1-5-6(2)7(3)8(4)9;1-5-2-3-6(8)7-4-5;1-3-4-2;2*1-2/h9-10,13,21H,6-8H2,1-5H3,(H,20,22);9H,4-8H2,1-3H3;9H,5H2,1-4H3;5H,2-4H2,1H3,(H,7,8);3-4H2,1-2H3;2*1-2H3/b11-9-;;;;;;. The summed E-state index contributed by atoms with van der Waals surface area (Å²) in [6, 6.07) is -0.204. The van der Waals surface area contributed by atoms with Crippen LogP contribution < -0.4 is 10.6 Å². The fraction of sp³-hybridized carbons (Fsp3) is 0.812. The van der Waals surface area contributed by atoms with E-state index in [9.17, 15) is 18.0 Å². The molecule has 1 aromatic rings. The number of alkyl halides is 3. The fourth-order valence-electron chi connectivity index (χ4n) is 5.14. The maximum Gasteiger partial charge on any atom is 0.393 e. The number of nitrogens with one attached hydrogen (secondary N) is 4. The molecule has 3 rings (SSSR count). The maximum atomic E-state index is 13.0. The molecule has 3 atom stereocenters. The fourth-order valence-corrected chi connectivity index (χ4v) is 5.14. The second-order valence-electron chi connectivity index (χ2n) is 16.3.